The molecule has 2 aliphatic rings. The molecule has 8 nitrogen and oxygen atoms in total. The fourth-order valence-electron chi connectivity index (χ4n) is 5.68. The van der Waals surface area contributed by atoms with Gasteiger partial charge in [0.2, 0.25) is 0 Å². The zero-order valence-electron chi connectivity index (χ0n) is 22.8. The fraction of sp³-hybridized carbons (Fsp3) is 0.433. The van der Waals surface area contributed by atoms with Crippen molar-refractivity contribution in [3.8, 4) is 17.1 Å². The zero-order chi connectivity index (χ0) is 27.2. The van der Waals surface area contributed by atoms with Crippen LogP contribution in [0.5, 0.6) is 5.75 Å². The molecule has 214 valence electrons. The Balaban J connectivity index is 0.00000370. The predicted molar refractivity (Wildman–Crippen MR) is 158 cm³/mol. The van der Waals surface area contributed by atoms with Gasteiger partial charge in [0.1, 0.15) is 5.75 Å². The number of carbonyl (C=O) groups is 1. The quantitative estimate of drug-likeness (QED) is 0.383. The molecule has 1 aliphatic carbocycles. The Kier molecular flexibility index (Phi) is 10.2. The number of amides is 1. The number of carbonyl (C=O) groups excluding carboxylic acids is 1. The summed E-state index contributed by atoms with van der Waals surface area (Å²) in [6.45, 7) is 3.04. The number of hydrogen-bond donors (Lipinski definition) is 1. The van der Waals surface area contributed by atoms with E-state index in [1.165, 1.54) is 17.5 Å². The van der Waals surface area contributed by atoms with Gasteiger partial charge < -0.3 is 14.4 Å². The van der Waals surface area contributed by atoms with E-state index in [0.717, 1.165) is 70.0 Å². The minimum atomic E-state index is -3.52. The molecule has 2 heterocycles. The molecule has 1 aliphatic heterocycles. The van der Waals surface area contributed by atoms with E-state index in [-0.39, 0.29) is 24.4 Å². The van der Waals surface area contributed by atoms with Gasteiger partial charge in [-0.1, -0.05) is 18.2 Å². The van der Waals surface area contributed by atoms with E-state index in [4.69, 9.17) is 4.18 Å². The highest BCUT2D eigenvalue weighted by atomic mass is 35.5. The van der Waals surface area contributed by atoms with Crippen LogP contribution in [0.4, 0.5) is 0 Å². The first-order valence-electron chi connectivity index (χ1n) is 13.7. The predicted octanol–water partition coefficient (Wildman–Crippen LogP) is 4.68. The van der Waals surface area contributed by atoms with Crippen LogP contribution in [0, 0.1) is 5.92 Å². The molecule has 3 aromatic rings. The van der Waals surface area contributed by atoms with Gasteiger partial charge in [0, 0.05) is 42.7 Å². The van der Waals surface area contributed by atoms with Gasteiger partial charge in [-0.15, -0.1) is 12.4 Å². The second kappa shape index (κ2) is 13.6. The summed E-state index contributed by atoms with van der Waals surface area (Å²) in [7, 11) is -3.52. The summed E-state index contributed by atoms with van der Waals surface area (Å²) in [5.41, 5.74) is 3.93. The average molecular weight is 585 g/mol. The highest BCUT2D eigenvalue weighted by molar-refractivity contribution is 7.86. The Labute approximate surface area is 243 Å². The molecule has 0 bridgehead atoms. The SMILES string of the molecule is CS(=O)(=O)Oc1ccc2c(c1)CCN(CCC1CCC(NC(=O)c3cccc(-c4ncccn4)c3)CC1)CC2.Cl. The molecule has 1 aromatic heterocycles. The molecule has 2 aromatic carbocycles. The summed E-state index contributed by atoms with van der Waals surface area (Å²) >= 11 is 0. The molecule has 1 fully saturated rings. The first-order chi connectivity index (χ1) is 18.8. The van der Waals surface area contributed by atoms with E-state index in [9.17, 15) is 13.2 Å². The van der Waals surface area contributed by atoms with Crippen molar-refractivity contribution in [2.75, 3.05) is 25.9 Å². The van der Waals surface area contributed by atoms with Crippen molar-refractivity contribution in [2.45, 2.75) is 51.0 Å². The van der Waals surface area contributed by atoms with Gasteiger partial charge in [-0.05, 0) is 98.9 Å². The Morgan fingerprint density at radius 2 is 1.70 bits per heavy atom. The van der Waals surface area contributed by atoms with Crippen molar-refractivity contribution in [3.05, 3.63) is 77.6 Å². The second-order valence-electron chi connectivity index (χ2n) is 10.7. The van der Waals surface area contributed by atoms with Crippen LogP contribution in [0.3, 0.4) is 0 Å². The van der Waals surface area contributed by atoms with Crippen LogP contribution >= 0.6 is 12.4 Å². The third-order valence-corrected chi connectivity index (χ3v) is 8.30. The topological polar surface area (TPSA) is 101 Å². The molecule has 0 unspecified atom stereocenters. The van der Waals surface area contributed by atoms with E-state index in [0.29, 0.717) is 23.1 Å². The lowest BCUT2D eigenvalue weighted by Crippen LogP contribution is -2.38. The van der Waals surface area contributed by atoms with Gasteiger partial charge in [0.05, 0.1) is 6.26 Å². The third kappa shape index (κ3) is 8.25. The van der Waals surface area contributed by atoms with Gasteiger partial charge in [-0.2, -0.15) is 8.42 Å². The highest BCUT2D eigenvalue weighted by Gasteiger charge is 2.24. The standard InChI is InChI=1S/C30H36N4O4S.ClH/c1-39(36,37)38-28-11-8-23-13-18-34(19-14-24(23)21-28)17-12-22-6-9-27(10-7-22)33-30(35)26-5-2-4-25(20-26)29-31-15-3-16-32-29;/h2-5,8,11,15-16,20-22,27H,6-7,9-10,12-14,17-19H2,1H3,(H,33,35);1H. The van der Waals surface area contributed by atoms with Crippen LogP contribution < -0.4 is 9.50 Å². The first kappa shape index (κ1) is 30.0. The lowest BCUT2D eigenvalue weighted by Gasteiger charge is -2.30. The second-order valence-corrected chi connectivity index (χ2v) is 12.3. The molecule has 10 heteroatoms. The fourth-order valence-corrected chi connectivity index (χ4v) is 6.13. The van der Waals surface area contributed by atoms with Crippen molar-refractivity contribution in [1.29, 1.82) is 0 Å². The van der Waals surface area contributed by atoms with E-state index < -0.39 is 10.1 Å². The van der Waals surface area contributed by atoms with Crippen molar-refractivity contribution in [2.24, 2.45) is 5.92 Å². The number of nitrogens with one attached hydrogen (secondary N) is 1. The van der Waals surface area contributed by atoms with Crippen molar-refractivity contribution in [3.63, 3.8) is 0 Å². The maximum atomic E-state index is 12.9. The van der Waals surface area contributed by atoms with Gasteiger partial charge in [0.15, 0.2) is 5.82 Å². The van der Waals surface area contributed by atoms with Gasteiger partial charge in [0.25, 0.3) is 5.91 Å². The lowest BCUT2D eigenvalue weighted by atomic mass is 9.84. The molecular formula is C30H37ClN4O4S. The van der Waals surface area contributed by atoms with Crippen molar-refractivity contribution in [1.82, 2.24) is 20.2 Å². The van der Waals surface area contributed by atoms with Gasteiger partial charge in [-0.25, -0.2) is 9.97 Å². The smallest absolute Gasteiger partial charge is 0.306 e. The molecule has 40 heavy (non-hydrogen) atoms. The van der Waals surface area contributed by atoms with Gasteiger partial charge in [-0.3, -0.25) is 4.79 Å². The molecule has 0 radical (unpaired) electrons. The van der Waals surface area contributed by atoms with Crippen LogP contribution in [0.1, 0.15) is 53.6 Å². The summed E-state index contributed by atoms with van der Waals surface area (Å²) < 4.78 is 28.0. The number of halogens is 1. The van der Waals surface area contributed by atoms with Crippen LogP contribution in [0.15, 0.2) is 60.9 Å². The number of benzene rings is 2. The highest BCUT2D eigenvalue weighted by Crippen LogP contribution is 2.28. The van der Waals surface area contributed by atoms with E-state index in [1.54, 1.807) is 24.5 Å². The Bertz CT molecular complexity index is 1400. The molecule has 5 rings (SSSR count). The monoisotopic (exact) mass is 584 g/mol. The maximum absolute atomic E-state index is 12.9. The summed E-state index contributed by atoms with van der Waals surface area (Å²) in [6.07, 6.45) is 11.8. The molecule has 0 saturated heterocycles. The number of hydrogen-bond acceptors (Lipinski definition) is 7. The van der Waals surface area contributed by atoms with Gasteiger partial charge >= 0.3 is 10.1 Å². The first-order valence-corrected chi connectivity index (χ1v) is 15.6. The van der Waals surface area contributed by atoms with Crippen molar-refractivity contribution >= 4 is 28.4 Å². The number of rotatable bonds is 8. The Morgan fingerprint density at radius 1 is 0.975 bits per heavy atom. The lowest BCUT2D eigenvalue weighted by molar-refractivity contribution is 0.0920. The van der Waals surface area contributed by atoms with E-state index >= 15 is 0 Å². The minimum absolute atomic E-state index is 0. The summed E-state index contributed by atoms with van der Waals surface area (Å²) in [5.74, 6) is 1.65. The average Bonchev–Trinajstić information content (AvgIpc) is 3.14. The number of nitrogens with zero attached hydrogens (tertiary/aromatic N) is 3. The molecule has 1 saturated carbocycles. The summed E-state index contributed by atoms with van der Waals surface area (Å²) in [4.78, 5) is 24.0. The largest absolute Gasteiger partial charge is 0.383 e. The zero-order valence-corrected chi connectivity index (χ0v) is 24.4. The molecule has 1 amide bonds. The van der Waals surface area contributed by atoms with Crippen LogP contribution in [0.2, 0.25) is 0 Å². The van der Waals surface area contributed by atoms with Crippen LogP contribution in [-0.2, 0) is 23.0 Å². The van der Waals surface area contributed by atoms with E-state index in [2.05, 4.69) is 20.2 Å². The maximum Gasteiger partial charge on any atom is 0.306 e. The third-order valence-electron chi connectivity index (χ3n) is 7.80. The number of aromatic nitrogens is 2. The van der Waals surface area contributed by atoms with Crippen LogP contribution in [-0.4, -0.2) is 61.1 Å². The normalized spacial score (nSPS) is 19.5. The molecule has 1 N–H and O–H groups in total. The molecule has 0 atom stereocenters. The van der Waals surface area contributed by atoms with Crippen molar-refractivity contribution < 1.29 is 17.4 Å². The van der Waals surface area contributed by atoms with Crippen LogP contribution in [0.25, 0.3) is 11.4 Å². The molecular weight excluding hydrogens is 548 g/mol. The van der Waals surface area contributed by atoms with E-state index in [1.807, 2.05) is 36.4 Å². The summed E-state index contributed by atoms with van der Waals surface area (Å²) in [6, 6.07) is 15.1. The Morgan fingerprint density at radius 3 is 2.42 bits per heavy atom. The minimum Gasteiger partial charge on any atom is -0.383 e. The Hall–Kier alpha value is -3.01. The molecule has 0 spiro atoms. The number of fused-ring (bicyclic) bond motifs is 1. The summed E-state index contributed by atoms with van der Waals surface area (Å²) in [5, 5.41) is 3.24.